The maximum absolute atomic E-state index is 13.2. The van der Waals surface area contributed by atoms with E-state index in [1.807, 2.05) is 41.3 Å². The molecule has 0 aliphatic carbocycles. The molecule has 1 atom stereocenters. The van der Waals surface area contributed by atoms with Crippen molar-refractivity contribution in [2.24, 2.45) is 5.92 Å². The Labute approximate surface area is 185 Å². The van der Waals surface area contributed by atoms with Gasteiger partial charge < -0.3 is 19.1 Å². The Bertz CT molecular complexity index is 837. The highest BCUT2D eigenvalue weighted by molar-refractivity contribution is 5.97. The summed E-state index contributed by atoms with van der Waals surface area (Å²) in [6.45, 7) is 2.94. The third kappa shape index (κ3) is 5.79. The normalized spacial score (nSPS) is 19.4. The van der Waals surface area contributed by atoms with Gasteiger partial charge in [-0.3, -0.25) is 4.79 Å². The Morgan fingerprint density at radius 3 is 2.55 bits per heavy atom. The predicted molar refractivity (Wildman–Crippen MR) is 121 cm³/mol. The van der Waals surface area contributed by atoms with Gasteiger partial charge in [0.05, 0.1) is 18.8 Å². The van der Waals surface area contributed by atoms with E-state index in [4.69, 9.17) is 14.2 Å². The van der Waals surface area contributed by atoms with Gasteiger partial charge in [0.1, 0.15) is 18.1 Å². The van der Waals surface area contributed by atoms with Crippen molar-refractivity contribution in [2.45, 2.75) is 44.6 Å². The Balaban J connectivity index is 1.27. The van der Waals surface area contributed by atoms with Crippen molar-refractivity contribution in [1.29, 1.82) is 0 Å². The molecule has 0 spiro atoms. The SMILES string of the molecule is COc1ccc(CCC2CCN(C(=O)c3ccccc3OCC3CCCO3)CC2)cc1. The number of nitrogens with zero attached hydrogens (tertiary/aromatic N) is 1. The second-order valence-corrected chi connectivity index (χ2v) is 8.56. The van der Waals surface area contributed by atoms with Crippen LogP contribution in [0.3, 0.4) is 0 Å². The van der Waals surface area contributed by atoms with E-state index in [-0.39, 0.29) is 12.0 Å². The molecule has 0 aromatic heterocycles. The number of hydrogen-bond donors (Lipinski definition) is 0. The van der Waals surface area contributed by atoms with Crippen molar-refractivity contribution >= 4 is 5.91 Å². The molecule has 2 fully saturated rings. The Hall–Kier alpha value is -2.53. The zero-order chi connectivity index (χ0) is 21.5. The van der Waals surface area contributed by atoms with Crippen LogP contribution >= 0.6 is 0 Å². The van der Waals surface area contributed by atoms with E-state index in [1.54, 1.807) is 7.11 Å². The summed E-state index contributed by atoms with van der Waals surface area (Å²) >= 11 is 0. The maximum atomic E-state index is 13.2. The zero-order valence-corrected chi connectivity index (χ0v) is 18.4. The topological polar surface area (TPSA) is 48.0 Å². The number of ether oxygens (including phenoxy) is 3. The fourth-order valence-electron chi connectivity index (χ4n) is 4.49. The largest absolute Gasteiger partial charge is 0.497 e. The minimum atomic E-state index is 0.0801. The first-order valence-electron chi connectivity index (χ1n) is 11.5. The van der Waals surface area contributed by atoms with E-state index in [0.29, 0.717) is 23.8 Å². The van der Waals surface area contributed by atoms with E-state index in [9.17, 15) is 4.79 Å². The lowest BCUT2D eigenvalue weighted by molar-refractivity contribution is 0.0627. The molecule has 2 aromatic rings. The van der Waals surface area contributed by atoms with Crippen LogP contribution in [0, 0.1) is 5.92 Å². The number of amides is 1. The summed E-state index contributed by atoms with van der Waals surface area (Å²) in [5.41, 5.74) is 2.01. The lowest BCUT2D eigenvalue weighted by atomic mass is 9.90. The number of carbonyl (C=O) groups is 1. The van der Waals surface area contributed by atoms with Gasteiger partial charge in [0, 0.05) is 19.7 Å². The summed E-state index contributed by atoms with van der Waals surface area (Å²) in [6, 6.07) is 15.9. The number of hydrogen-bond acceptors (Lipinski definition) is 4. The first-order chi connectivity index (χ1) is 15.2. The van der Waals surface area contributed by atoms with Gasteiger partial charge in [-0.2, -0.15) is 0 Å². The van der Waals surface area contributed by atoms with E-state index < -0.39 is 0 Å². The fourth-order valence-corrected chi connectivity index (χ4v) is 4.49. The molecule has 2 aliphatic heterocycles. The monoisotopic (exact) mass is 423 g/mol. The molecule has 1 unspecified atom stereocenters. The maximum Gasteiger partial charge on any atom is 0.257 e. The van der Waals surface area contributed by atoms with Gasteiger partial charge in [-0.25, -0.2) is 0 Å². The molecule has 2 saturated heterocycles. The molecule has 5 nitrogen and oxygen atoms in total. The van der Waals surface area contributed by atoms with Crippen LogP contribution < -0.4 is 9.47 Å². The number of likely N-dealkylation sites (tertiary alicyclic amines) is 1. The molecule has 2 aromatic carbocycles. The molecule has 5 heteroatoms. The summed E-state index contributed by atoms with van der Waals surface area (Å²) in [5.74, 6) is 2.31. The van der Waals surface area contributed by atoms with Gasteiger partial charge in [-0.15, -0.1) is 0 Å². The van der Waals surface area contributed by atoms with Crippen molar-refractivity contribution in [2.75, 3.05) is 33.4 Å². The van der Waals surface area contributed by atoms with Crippen LogP contribution in [0.5, 0.6) is 11.5 Å². The third-order valence-electron chi connectivity index (χ3n) is 6.47. The number of aryl methyl sites for hydroxylation is 1. The van der Waals surface area contributed by atoms with E-state index in [2.05, 4.69) is 12.1 Å². The lowest BCUT2D eigenvalue weighted by Gasteiger charge is -2.32. The first kappa shape index (κ1) is 21.7. The fraction of sp³-hybridized carbons (Fsp3) is 0.500. The number of benzene rings is 2. The van der Waals surface area contributed by atoms with Crippen LogP contribution in [0.15, 0.2) is 48.5 Å². The van der Waals surface area contributed by atoms with Crippen LogP contribution in [0.25, 0.3) is 0 Å². The summed E-state index contributed by atoms with van der Waals surface area (Å²) in [6.07, 6.45) is 6.60. The average Bonchev–Trinajstić information content (AvgIpc) is 3.35. The van der Waals surface area contributed by atoms with Gasteiger partial charge in [-0.1, -0.05) is 24.3 Å². The van der Waals surface area contributed by atoms with E-state index >= 15 is 0 Å². The Morgan fingerprint density at radius 2 is 1.84 bits per heavy atom. The molecule has 4 rings (SSSR count). The summed E-state index contributed by atoms with van der Waals surface area (Å²) in [5, 5.41) is 0. The van der Waals surface area contributed by atoms with Crippen molar-refractivity contribution in [3.8, 4) is 11.5 Å². The standard InChI is InChI=1S/C26H33NO4/c1-29-22-12-10-20(11-13-22)8-9-21-14-16-27(17-15-21)26(28)24-6-2-3-7-25(24)31-19-23-5-4-18-30-23/h2-3,6-7,10-13,21,23H,4-5,8-9,14-19H2,1H3. The number of para-hydroxylation sites is 1. The smallest absolute Gasteiger partial charge is 0.257 e. The van der Waals surface area contributed by atoms with Crippen LogP contribution in [0.2, 0.25) is 0 Å². The van der Waals surface area contributed by atoms with Crippen molar-refractivity contribution < 1.29 is 19.0 Å². The molecule has 166 valence electrons. The zero-order valence-electron chi connectivity index (χ0n) is 18.4. The van der Waals surface area contributed by atoms with E-state index in [0.717, 1.165) is 64.0 Å². The highest BCUT2D eigenvalue weighted by Crippen LogP contribution is 2.27. The molecule has 2 heterocycles. The second-order valence-electron chi connectivity index (χ2n) is 8.56. The highest BCUT2D eigenvalue weighted by Gasteiger charge is 2.26. The first-order valence-corrected chi connectivity index (χ1v) is 11.5. The highest BCUT2D eigenvalue weighted by atomic mass is 16.5. The average molecular weight is 424 g/mol. The molecule has 2 aliphatic rings. The summed E-state index contributed by atoms with van der Waals surface area (Å²) in [7, 11) is 1.69. The van der Waals surface area contributed by atoms with Gasteiger partial charge >= 0.3 is 0 Å². The van der Waals surface area contributed by atoms with Crippen LogP contribution in [-0.4, -0.2) is 50.3 Å². The number of carbonyl (C=O) groups excluding carboxylic acids is 1. The van der Waals surface area contributed by atoms with Gasteiger partial charge in [0.2, 0.25) is 0 Å². The summed E-state index contributed by atoms with van der Waals surface area (Å²) in [4.78, 5) is 15.2. The van der Waals surface area contributed by atoms with Crippen LogP contribution in [0.1, 0.15) is 48.0 Å². The molecular formula is C26H33NO4. The minimum absolute atomic E-state index is 0.0801. The predicted octanol–water partition coefficient (Wildman–Crippen LogP) is 4.74. The van der Waals surface area contributed by atoms with E-state index in [1.165, 1.54) is 5.56 Å². The summed E-state index contributed by atoms with van der Waals surface area (Å²) < 4.78 is 16.9. The van der Waals surface area contributed by atoms with Crippen LogP contribution in [0.4, 0.5) is 0 Å². The van der Waals surface area contributed by atoms with Gasteiger partial charge in [-0.05, 0) is 74.3 Å². The van der Waals surface area contributed by atoms with Crippen molar-refractivity contribution in [3.05, 3.63) is 59.7 Å². The van der Waals surface area contributed by atoms with Crippen molar-refractivity contribution in [1.82, 2.24) is 4.90 Å². The molecule has 1 amide bonds. The Morgan fingerprint density at radius 1 is 1.06 bits per heavy atom. The molecule has 0 N–H and O–H groups in total. The molecule has 0 radical (unpaired) electrons. The second kappa shape index (κ2) is 10.7. The van der Waals surface area contributed by atoms with Crippen LogP contribution in [-0.2, 0) is 11.2 Å². The number of piperidine rings is 1. The number of rotatable bonds is 8. The number of methoxy groups -OCH3 is 1. The Kier molecular flexibility index (Phi) is 7.47. The third-order valence-corrected chi connectivity index (χ3v) is 6.47. The lowest BCUT2D eigenvalue weighted by Crippen LogP contribution is -2.38. The minimum Gasteiger partial charge on any atom is -0.497 e. The molecule has 31 heavy (non-hydrogen) atoms. The molecule has 0 bridgehead atoms. The molecule has 0 saturated carbocycles. The quantitative estimate of drug-likeness (QED) is 0.615. The van der Waals surface area contributed by atoms with Gasteiger partial charge in [0.25, 0.3) is 5.91 Å². The van der Waals surface area contributed by atoms with Gasteiger partial charge in [0.15, 0.2) is 0 Å². The molecular weight excluding hydrogens is 390 g/mol. The van der Waals surface area contributed by atoms with Crippen molar-refractivity contribution in [3.63, 3.8) is 0 Å².